The van der Waals surface area contributed by atoms with Crippen molar-refractivity contribution in [2.75, 3.05) is 38.1 Å². The Morgan fingerprint density at radius 3 is 2.46 bits per heavy atom. The van der Waals surface area contributed by atoms with Crippen LogP contribution in [0.2, 0.25) is 0 Å². The van der Waals surface area contributed by atoms with Crippen LogP contribution in [0.15, 0.2) is 18.2 Å². The summed E-state index contributed by atoms with van der Waals surface area (Å²) in [5, 5.41) is 9.15. The van der Waals surface area contributed by atoms with E-state index in [1.807, 2.05) is 7.05 Å². The van der Waals surface area contributed by atoms with Crippen molar-refractivity contribution in [3.05, 3.63) is 29.3 Å². The van der Waals surface area contributed by atoms with Crippen molar-refractivity contribution in [2.24, 2.45) is 0 Å². The Morgan fingerprint density at radius 2 is 1.83 bits per heavy atom. The molecule has 2 heterocycles. The minimum absolute atomic E-state index is 0.0687. The van der Waals surface area contributed by atoms with Crippen LogP contribution < -0.4 is 4.90 Å². The van der Waals surface area contributed by atoms with Gasteiger partial charge in [-0.2, -0.15) is 0 Å². The maximum atomic E-state index is 12.8. The molecule has 1 aromatic rings. The minimum atomic E-state index is -1.08. The summed E-state index contributed by atoms with van der Waals surface area (Å²) >= 11 is 0. The lowest BCUT2D eigenvalue weighted by Gasteiger charge is -2.35. The third-order valence-electron chi connectivity index (χ3n) is 4.80. The number of likely N-dealkylation sites (N-methyl/N-ethyl adjacent to an activating group) is 1. The van der Waals surface area contributed by atoms with E-state index in [-0.39, 0.29) is 23.8 Å². The maximum absolute atomic E-state index is 12.8. The number of carbonyl (C=O) groups is 3. The van der Waals surface area contributed by atoms with E-state index in [0.29, 0.717) is 11.3 Å². The molecule has 7 nitrogen and oxygen atoms in total. The first-order chi connectivity index (χ1) is 11.4. The quantitative estimate of drug-likeness (QED) is 0.816. The van der Waals surface area contributed by atoms with Gasteiger partial charge in [-0.15, -0.1) is 0 Å². The SMILES string of the molecule is Cc1ccc(C(=O)O)cc1N1C(=O)CC(N2CCN(C)CC2)C1=O. The van der Waals surface area contributed by atoms with Crippen LogP contribution in [0.4, 0.5) is 5.69 Å². The van der Waals surface area contributed by atoms with Gasteiger partial charge in [0.1, 0.15) is 0 Å². The second kappa shape index (κ2) is 6.33. The van der Waals surface area contributed by atoms with Gasteiger partial charge in [0.05, 0.1) is 23.7 Å². The molecule has 1 unspecified atom stereocenters. The lowest BCUT2D eigenvalue weighted by molar-refractivity contribution is -0.123. The highest BCUT2D eigenvalue weighted by Gasteiger charge is 2.43. The largest absolute Gasteiger partial charge is 0.478 e. The summed E-state index contributed by atoms with van der Waals surface area (Å²) in [4.78, 5) is 41.9. The fourth-order valence-electron chi connectivity index (χ4n) is 3.27. The summed E-state index contributed by atoms with van der Waals surface area (Å²) < 4.78 is 0. The van der Waals surface area contributed by atoms with Crippen molar-refractivity contribution in [1.29, 1.82) is 0 Å². The van der Waals surface area contributed by atoms with Crippen LogP contribution in [0.5, 0.6) is 0 Å². The lowest BCUT2D eigenvalue weighted by Crippen LogP contribution is -2.51. The molecular weight excluding hydrogens is 310 g/mol. The fourth-order valence-corrected chi connectivity index (χ4v) is 3.27. The number of aryl methyl sites for hydroxylation is 1. The van der Waals surface area contributed by atoms with Crippen molar-refractivity contribution in [3.8, 4) is 0 Å². The number of benzene rings is 1. The van der Waals surface area contributed by atoms with E-state index >= 15 is 0 Å². The molecule has 2 amide bonds. The number of anilines is 1. The molecule has 2 saturated heterocycles. The second-order valence-electron chi connectivity index (χ2n) is 6.43. The summed E-state index contributed by atoms with van der Waals surface area (Å²) in [6.07, 6.45) is 0.152. The molecule has 2 aliphatic heterocycles. The number of carbonyl (C=O) groups excluding carboxylic acids is 2. The summed E-state index contributed by atoms with van der Waals surface area (Å²) in [7, 11) is 2.03. The highest BCUT2D eigenvalue weighted by atomic mass is 16.4. The second-order valence-corrected chi connectivity index (χ2v) is 6.43. The molecule has 2 fully saturated rings. The van der Waals surface area contributed by atoms with E-state index in [0.717, 1.165) is 31.1 Å². The van der Waals surface area contributed by atoms with Crippen molar-refractivity contribution in [3.63, 3.8) is 0 Å². The van der Waals surface area contributed by atoms with E-state index in [2.05, 4.69) is 9.80 Å². The molecule has 7 heteroatoms. The van der Waals surface area contributed by atoms with E-state index in [4.69, 9.17) is 5.11 Å². The Labute approximate surface area is 140 Å². The predicted octanol–water partition coefficient (Wildman–Crippen LogP) is 0.573. The van der Waals surface area contributed by atoms with Gasteiger partial charge in [-0.3, -0.25) is 14.5 Å². The third kappa shape index (κ3) is 2.92. The molecule has 1 aromatic carbocycles. The smallest absolute Gasteiger partial charge is 0.335 e. The predicted molar refractivity (Wildman–Crippen MR) is 88.1 cm³/mol. The van der Waals surface area contributed by atoms with E-state index < -0.39 is 12.0 Å². The Bertz CT molecular complexity index is 695. The molecule has 0 aliphatic carbocycles. The summed E-state index contributed by atoms with van der Waals surface area (Å²) in [5.41, 5.74) is 1.15. The number of rotatable bonds is 3. The first-order valence-electron chi connectivity index (χ1n) is 8.02. The maximum Gasteiger partial charge on any atom is 0.335 e. The Balaban J connectivity index is 1.87. The van der Waals surface area contributed by atoms with Crippen molar-refractivity contribution in [2.45, 2.75) is 19.4 Å². The number of piperazine rings is 1. The number of aromatic carboxylic acids is 1. The number of imide groups is 1. The van der Waals surface area contributed by atoms with Gasteiger partial charge in [0.2, 0.25) is 5.91 Å². The van der Waals surface area contributed by atoms with Gasteiger partial charge in [-0.1, -0.05) is 6.07 Å². The lowest BCUT2D eigenvalue weighted by atomic mass is 10.1. The normalized spacial score (nSPS) is 23.1. The molecule has 3 rings (SSSR count). The van der Waals surface area contributed by atoms with Crippen molar-refractivity contribution in [1.82, 2.24) is 9.80 Å². The zero-order chi connectivity index (χ0) is 17.4. The first-order valence-corrected chi connectivity index (χ1v) is 8.02. The number of hydrogen-bond acceptors (Lipinski definition) is 5. The van der Waals surface area contributed by atoms with Crippen molar-refractivity contribution >= 4 is 23.5 Å². The molecule has 0 bridgehead atoms. The van der Waals surface area contributed by atoms with Gasteiger partial charge in [-0.25, -0.2) is 9.69 Å². The summed E-state index contributed by atoms with van der Waals surface area (Å²) in [5.74, 6) is -1.60. The molecular formula is C17H21N3O4. The molecule has 2 aliphatic rings. The zero-order valence-electron chi connectivity index (χ0n) is 13.9. The average molecular weight is 331 g/mol. The van der Waals surface area contributed by atoms with Crippen LogP contribution in [0.3, 0.4) is 0 Å². The molecule has 24 heavy (non-hydrogen) atoms. The monoisotopic (exact) mass is 331 g/mol. The minimum Gasteiger partial charge on any atom is -0.478 e. The van der Waals surface area contributed by atoms with Crippen LogP contribution in [0, 0.1) is 6.92 Å². The Morgan fingerprint density at radius 1 is 1.17 bits per heavy atom. The van der Waals surface area contributed by atoms with E-state index in [9.17, 15) is 14.4 Å². The van der Waals surface area contributed by atoms with E-state index in [1.165, 1.54) is 12.1 Å². The molecule has 1 N–H and O–H groups in total. The molecule has 1 atom stereocenters. The van der Waals surface area contributed by atoms with Crippen LogP contribution in [-0.4, -0.2) is 72.0 Å². The highest BCUT2D eigenvalue weighted by molar-refractivity contribution is 6.23. The number of carboxylic acid groups (broad SMARTS) is 1. The first kappa shape index (κ1) is 16.6. The summed E-state index contributed by atoms with van der Waals surface area (Å²) in [6.45, 7) is 5.01. The molecule has 0 aromatic heterocycles. The molecule has 0 radical (unpaired) electrons. The number of nitrogens with zero attached hydrogens (tertiary/aromatic N) is 3. The van der Waals surface area contributed by atoms with Gasteiger partial charge >= 0.3 is 5.97 Å². The van der Waals surface area contributed by atoms with Crippen molar-refractivity contribution < 1.29 is 19.5 Å². The third-order valence-corrected chi connectivity index (χ3v) is 4.80. The van der Waals surface area contributed by atoms with Gasteiger partial charge in [0.15, 0.2) is 0 Å². The number of hydrogen-bond donors (Lipinski definition) is 1. The zero-order valence-corrected chi connectivity index (χ0v) is 13.9. The topological polar surface area (TPSA) is 81.2 Å². The average Bonchev–Trinajstić information content (AvgIpc) is 2.83. The highest BCUT2D eigenvalue weighted by Crippen LogP contribution is 2.29. The molecule has 0 saturated carbocycles. The fraction of sp³-hybridized carbons (Fsp3) is 0.471. The van der Waals surface area contributed by atoms with Gasteiger partial charge in [-0.05, 0) is 31.7 Å². The standard InChI is InChI=1S/C17H21N3O4/c1-11-3-4-12(17(23)24)9-13(11)20-15(21)10-14(16(20)22)19-7-5-18(2)6-8-19/h3-4,9,14H,5-8,10H2,1-2H3,(H,23,24). The molecule has 0 spiro atoms. The summed E-state index contributed by atoms with van der Waals surface area (Å²) in [6, 6.07) is 4.06. The van der Waals surface area contributed by atoms with Gasteiger partial charge in [0.25, 0.3) is 5.91 Å². The van der Waals surface area contributed by atoms with E-state index in [1.54, 1.807) is 13.0 Å². The number of carboxylic acids is 1. The molecule has 128 valence electrons. The van der Waals surface area contributed by atoms with Crippen LogP contribution in [-0.2, 0) is 9.59 Å². The van der Waals surface area contributed by atoms with Gasteiger partial charge in [0, 0.05) is 26.2 Å². The number of amides is 2. The van der Waals surface area contributed by atoms with Gasteiger partial charge < -0.3 is 10.0 Å². The van der Waals surface area contributed by atoms with Crippen LogP contribution >= 0.6 is 0 Å². The Hall–Kier alpha value is -2.25. The Kier molecular flexibility index (Phi) is 4.38. The van der Waals surface area contributed by atoms with Crippen LogP contribution in [0.25, 0.3) is 0 Å². The van der Waals surface area contributed by atoms with Crippen LogP contribution in [0.1, 0.15) is 22.3 Å².